The van der Waals surface area contributed by atoms with Crippen molar-refractivity contribution in [2.75, 3.05) is 38.0 Å². The van der Waals surface area contributed by atoms with Gasteiger partial charge in [0.25, 0.3) is 5.91 Å². The summed E-state index contributed by atoms with van der Waals surface area (Å²) in [4.78, 5) is 30.8. The zero-order valence-electron chi connectivity index (χ0n) is 24.2. The highest BCUT2D eigenvalue weighted by Gasteiger charge is 2.29. The Bertz CT molecular complexity index is 1310. The van der Waals surface area contributed by atoms with E-state index in [4.69, 9.17) is 0 Å². The number of unbranched alkanes of at least 4 members (excludes halogenated alkanes) is 2. The van der Waals surface area contributed by atoms with Crippen molar-refractivity contribution in [3.63, 3.8) is 0 Å². The Labute approximate surface area is 238 Å². The monoisotopic (exact) mass is 541 g/mol. The lowest BCUT2D eigenvalue weighted by atomic mass is 9.88. The number of carbonyl (C=O) groups excluding carboxylic acids is 2. The molecule has 1 N–H and O–H groups in total. The fourth-order valence-corrected chi connectivity index (χ4v) is 6.08. The number of rotatable bonds is 9. The maximum absolute atomic E-state index is 13.4. The van der Waals surface area contributed by atoms with Crippen molar-refractivity contribution in [3.8, 4) is 11.1 Å². The number of benzene rings is 2. The fraction of sp³-hybridized carbons (Fsp3) is 0.485. The van der Waals surface area contributed by atoms with Crippen LogP contribution in [0.1, 0.15) is 72.9 Å². The first-order chi connectivity index (χ1) is 19.4. The Hall–Kier alpha value is -3.45. The molecule has 7 heteroatoms. The number of aryl methyl sites for hydroxylation is 2. The molecule has 7 nitrogen and oxygen atoms in total. The van der Waals surface area contributed by atoms with E-state index in [2.05, 4.69) is 46.5 Å². The van der Waals surface area contributed by atoms with Gasteiger partial charge in [-0.15, -0.1) is 0 Å². The minimum atomic E-state index is 0.0119. The minimum absolute atomic E-state index is 0.0119. The van der Waals surface area contributed by atoms with Crippen molar-refractivity contribution in [1.29, 1.82) is 0 Å². The maximum Gasteiger partial charge on any atom is 0.253 e. The predicted molar refractivity (Wildman–Crippen MR) is 160 cm³/mol. The molecule has 0 spiro atoms. The normalized spacial score (nSPS) is 18.3. The Balaban J connectivity index is 1.15. The molecule has 1 aromatic heterocycles. The van der Waals surface area contributed by atoms with E-state index in [0.29, 0.717) is 11.5 Å². The van der Waals surface area contributed by atoms with E-state index in [1.807, 2.05) is 54.1 Å². The molecule has 5 rings (SSSR count). The smallest absolute Gasteiger partial charge is 0.253 e. The van der Waals surface area contributed by atoms with Crippen molar-refractivity contribution < 1.29 is 9.59 Å². The summed E-state index contributed by atoms with van der Waals surface area (Å²) in [6, 6.07) is 14.5. The summed E-state index contributed by atoms with van der Waals surface area (Å²) >= 11 is 0. The molecule has 2 aliphatic rings. The van der Waals surface area contributed by atoms with Gasteiger partial charge in [-0.05, 0) is 80.4 Å². The van der Waals surface area contributed by atoms with Crippen molar-refractivity contribution in [3.05, 3.63) is 71.5 Å². The number of hydrogen-bond acceptors (Lipinski definition) is 4. The lowest BCUT2D eigenvalue weighted by Gasteiger charge is -2.32. The van der Waals surface area contributed by atoms with E-state index in [-0.39, 0.29) is 17.7 Å². The summed E-state index contributed by atoms with van der Waals surface area (Å²) in [6.07, 6.45) is 10.4. The van der Waals surface area contributed by atoms with Crippen LogP contribution in [-0.4, -0.2) is 64.1 Å². The lowest BCUT2D eigenvalue weighted by Crippen LogP contribution is -2.38. The van der Waals surface area contributed by atoms with Gasteiger partial charge >= 0.3 is 0 Å². The fourth-order valence-electron chi connectivity index (χ4n) is 6.08. The average molecular weight is 542 g/mol. The number of carbonyl (C=O) groups is 2. The van der Waals surface area contributed by atoms with Crippen LogP contribution in [0.25, 0.3) is 11.1 Å². The third-order valence-electron chi connectivity index (χ3n) is 8.67. The molecule has 212 valence electrons. The van der Waals surface area contributed by atoms with Crippen LogP contribution in [0.2, 0.25) is 0 Å². The van der Waals surface area contributed by atoms with Crippen LogP contribution in [0.4, 0.5) is 5.69 Å². The van der Waals surface area contributed by atoms with E-state index in [1.54, 1.807) is 0 Å². The SMILES string of the molecule is CCCCCN1CCC(C(=O)Nc2cc(C(=O)N3CCC(c4ccc(-c5cnn(C)c5)cc4)CC3)ccc2C)C1. The van der Waals surface area contributed by atoms with Gasteiger partial charge in [-0.2, -0.15) is 5.10 Å². The van der Waals surface area contributed by atoms with E-state index in [0.717, 1.165) is 68.8 Å². The third kappa shape index (κ3) is 6.64. The zero-order valence-corrected chi connectivity index (χ0v) is 24.2. The number of likely N-dealkylation sites (tertiary alicyclic amines) is 2. The van der Waals surface area contributed by atoms with Gasteiger partial charge in [-0.1, -0.05) is 50.1 Å². The summed E-state index contributed by atoms with van der Waals surface area (Å²) in [5.74, 6) is 0.579. The average Bonchev–Trinajstić information content (AvgIpc) is 3.63. The van der Waals surface area contributed by atoms with Gasteiger partial charge in [0, 0.05) is 49.7 Å². The Morgan fingerprint density at radius 3 is 2.45 bits per heavy atom. The number of amides is 2. The zero-order chi connectivity index (χ0) is 28.1. The van der Waals surface area contributed by atoms with Crippen LogP contribution in [0.3, 0.4) is 0 Å². The molecule has 1 atom stereocenters. The highest BCUT2D eigenvalue weighted by molar-refractivity contribution is 5.98. The number of aromatic nitrogens is 2. The van der Waals surface area contributed by atoms with E-state index < -0.39 is 0 Å². The number of piperidine rings is 1. The Morgan fingerprint density at radius 2 is 1.75 bits per heavy atom. The van der Waals surface area contributed by atoms with Crippen molar-refractivity contribution in [2.24, 2.45) is 13.0 Å². The first kappa shape index (κ1) is 28.1. The molecule has 2 aromatic carbocycles. The van der Waals surface area contributed by atoms with Gasteiger partial charge in [-0.3, -0.25) is 14.3 Å². The highest BCUT2D eigenvalue weighted by Crippen LogP contribution is 2.31. The third-order valence-corrected chi connectivity index (χ3v) is 8.67. The molecule has 2 fully saturated rings. The molecule has 3 aromatic rings. The van der Waals surface area contributed by atoms with E-state index >= 15 is 0 Å². The second kappa shape index (κ2) is 12.8. The molecule has 3 heterocycles. The topological polar surface area (TPSA) is 70.5 Å². The molecule has 0 saturated carbocycles. The molecular weight excluding hydrogens is 498 g/mol. The largest absolute Gasteiger partial charge is 0.339 e. The Morgan fingerprint density at radius 1 is 0.975 bits per heavy atom. The van der Waals surface area contributed by atoms with Crippen LogP contribution in [-0.2, 0) is 11.8 Å². The number of nitrogens with one attached hydrogen (secondary N) is 1. The molecule has 1 unspecified atom stereocenters. The molecule has 0 bridgehead atoms. The summed E-state index contributed by atoms with van der Waals surface area (Å²) in [5, 5.41) is 7.41. The van der Waals surface area contributed by atoms with Crippen LogP contribution >= 0.6 is 0 Å². The molecular formula is C33H43N5O2. The summed E-state index contributed by atoms with van der Waals surface area (Å²) < 4.78 is 1.82. The summed E-state index contributed by atoms with van der Waals surface area (Å²) in [6.45, 7) is 8.57. The van der Waals surface area contributed by atoms with Crippen LogP contribution in [0.5, 0.6) is 0 Å². The second-order valence-electron chi connectivity index (χ2n) is 11.6. The molecule has 0 aliphatic carbocycles. The predicted octanol–water partition coefficient (Wildman–Crippen LogP) is 5.87. The quantitative estimate of drug-likeness (QED) is 0.344. The number of nitrogens with zero attached hydrogens (tertiary/aromatic N) is 4. The van der Waals surface area contributed by atoms with Gasteiger partial charge < -0.3 is 15.1 Å². The van der Waals surface area contributed by atoms with Crippen LogP contribution < -0.4 is 5.32 Å². The first-order valence-corrected chi connectivity index (χ1v) is 14.9. The van der Waals surface area contributed by atoms with Crippen molar-refractivity contribution >= 4 is 17.5 Å². The van der Waals surface area contributed by atoms with Crippen LogP contribution in [0, 0.1) is 12.8 Å². The number of anilines is 1. The summed E-state index contributed by atoms with van der Waals surface area (Å²) in [7, 11) is 1.93. The standard InChI is InChI=1S/C33H43N5O2/c1-4-5-6-16-37-17-13-29(23-37)32(39)35-31-20-28(8-7-24(31)2)33(40)38-18-14-27(15-19-38)25-9-11-26(12-10-25)30-21-34-36(3)22-30/h7-12,20-22,27,29H,4-6,13-19,23H2,1-3H3,(H,35,39). The van der Waals surface area contributed by atoms with E-state index in [9.17, 15) is 9.59 Å². The second-order valence-corrected chi connectivity index (χ2v) is 11.6. The van der Waals surface area contributed by atoms with Gasteiger partial charge in [-0.25, -0.2) is 0 Å². The summed E-state index contributed by atoms with van der Waals surface area (Å²) in [5.41, 5.74) is 6.00. The first-order valence-electron chi connectivity index (χ1n) is 14.9. The minimum Gasteiger partial charge on any atom is -0.339 e. The van der Waals surface area contributed by atoms with Crippen LogP contribution in [0.15, 0.2) is 54.9 Å². The molecule has 2 aliphatic heterocycles. The van der Waals surface area contributed by atoms with Gasteiger partial charge in [0.1, 0.15) is 0 Å². The Kier molecular flexibility index (Phi) is 9.00. The van der Waals surface area contributed by atoms with Gasteiger partial charge in [0.2, 0.25) is 5.91 Å². The van der Waals surface area contributed by atoms with Gasteiger partial charge in [0.05, 0.1) is 12.1 Å². The molecule has 40 heavy (non-hydrogen) atoms. The lowest BCUT2D eigenvalue weighted by molar-refractivity contribution is -0.119. The highest BCUT2D eigenvalue weighted by atomic mass is 16.2. The van der Waals surface area contributed by atoms with Crippen molar-refractivity contribution in [2.45, 2.75) is 58.3 Å². The molecule has 0 radical (unpaired) electrons. The van der Waals surface area contributed by atoms with Crippen molar-refractivity contribution in [1.82, 2.24) is 19.6 Å². The molecule has 2 amide bonds. The molecule has 2 saturated heterocycles. The number of hydrogen-bond donors (Lipinski definition) is 1. The van der Waals surface area contributed by atoms with E-state index in [1.165, 1.54) is 30.4 Å². The van der Waals surface area contributed by atoms with Gasteiger partial charge in [0.15, 0.2) is 0 Å². The maximum atomic E-state index is 13.4.